The van der Waals surface area contributed by atoms with Crippen molar-refractivity contribution in [2.24, 2.45) is 5.92 Å². The van der Waals surface area contributed by atoms with E-state index in [2.05, 4.69) is 26.1 Å². The highest BCUT2D eigenvalue weighted by Crippen LogP contribution is 2.18. The van der Waals surface area contributed by atoms with E-state index in [1.807, 2.05) is 18.7 Å². The summed E-state index contributed by atoms with van der Waals surface area (Å²) in [4.78, 5) is 14.2. The van der Waals surface area contributed by atoms with Crippen LogP contribution < -0.4 is 5.32 Å². The molecule has 1 unspecified atom stereocenters. The molecule has 3 heteroatoms. The molecular weight excluding hydrogens is 188 g/mol. The van der Waals surface area contributed by atoms with E-state index in [0.29, 0.717) is 12.0 Å². The summed E-state index contributed by atoms with van der Waals surface area (Å²) in [7, 11) is 0. The van der Waals surface area contributed by atoms with Crippen LogP contribution in [0.15, 0.2) is 0 Å². The summed E-state index contributed by atoms with van der Waals surface area (Å²) in [6.45, 7) is 12.2. The molecule has 1 aliphatic rings. The quantitative estimate of drug-likeness (QED) is 0.771. The van der Waals surface area contributed by atoms with Crippen LogP contribution in [-0.2, 0) is 4.79 Å². The van der Waals surface area contributed by atoms with Gasteiger partial charge in [-0.25, -0.2) is 0 Å². The number of carbonyl (C=O) groups is 1. The molecule has 0 bridgehead atoms. The number of hydrogen-bond acceptors (Lipinski definition) is 2. The van der Waals surface area contributed by atoms with Gasteiger partial charge in [-0.2, -0.15) is 0 Å². The molecule has 0 aliphatic carbocycles. The molecule has 0 aromatic carbocycles. The van der Waals surface area contributed by atoms with E-state index in [1.165, 1.54) is 0 Å². The smallest absolute Gasteiger partial charge is 0.242 e. The fourth-order valence-corrected chi connectivity index (χ4v) is 1.87. The second-order valence-electron chi connectivity index (χ2n) is 5.54. The number of amides is 1. The Morgan fingerprint density at radius 3 is 2.67 bits per heavy atom. The lowest BCUT2D eigenvalue weighted by Gasteiger charge is -2.42. The van der Waals surface area contributed by atoms with Gasteiger partial charge in [0.1, 0.15) is 0 Å². The van der Waals surface area contributed by atoms with Crippen LogP contribution in [-0.4, -0.2) is 35.5 Å². The van der Waals surface area contributed by atoms with E-state index in [0.717, 1.165) is 19.5 Å². The second-order valence-corrected chi connectivity index (χ2v) is 5.54. The fraction of sp³-hybridized carbons (Fsp3) is 0.917. The van der Waals surface area contributed by atoms with E-state index < -0.39 is 0 Å². The third kappa shape index (κ3) is 2.94. The molecule has 0 aromatic rings. The first-order valence-corrected chi connectivity index (χ1v) is 5.90. The Hall–Kier alpha value is -0.570. The van der Waals surface area contributed by atoms with Gasteiger partial charge in [0, 0.05) is 19.1 Å². The highest BCUT2D eigenvalue weighted by molar-refractivity contribution is 5.86. The Labute approximate surface area is 93.2 Å². The number of nitrogens with zero attached hydrogens (tertiary/aromatic N) is 1. The minimum Gasteiger partial charge on any atom is -0.337 e. The number of rotatable bonds is 3. The molecule has 0 aromatic heterocycles. The van der Waals surface area contributed by atoms with E-state index >= 15 is 0 Å². The molecule has 1 fully saturated rings. The highest BCUT2D eigenvalue weighted by Gasteiger charge is 2.38. The van der Waals surface area contributed by atoms with Crippen LogP contribution in [0.2, 0.25) is 0 Å². The summed E-state index contributed by atoms with van der Waals surface area (Å²) in [5.41, 5.74) is -0.385. The number of piperazine rings is 1. The lowest BCUT2D eigenvalue weighted by molar-refractivity contribution is -0.142. The third-order valence-corrected chi connectivity index (χ3v) is 3.11. The van der Waals surface area contributed by atoms with Crippen molar-refractivity contribution in [2.45, 2.75) is 52.6 Å². The Kier molecular flexibility index (Phi) is 3.77. The van der Waals surface area contributed by atoms with Crippen molar-refractivity contribution < 1.29 is 4.79 Å². The summed E-state index contributed by atoms with van der Waals surface area (Å²) in [5.74, 6) is 0.893. The average Bonchev–Trinajstić information content (AvgIpc) is 2.12. The number of hydrogen-bond donors (Lipinski definition) is 1. The van der Waals surface area contributed by atoms with E-state index in [9.17, 15) is 4.79 Å². The van der Waals surface area contributed by atoms with Crippen LogP contribution in [0, 0.1) is 5.92 Å². The van der Waals surface area contributed by atoms with Gasteiger partial charge in [-0.1, -0.05) is 13.8 Å². The molecule has 15 heavy (non-hydrogen) atoms. The minimum absolute atomic E-state index is 0.238. The zero-order chi connectivity index (χ0) is 11.6. The molecule has 0 spiro atoms. The predicted molar refractivity (Wildman–Crippen MR) is 62.7 cm³/mol. The highest BCUT2D eigenvalue weighted by atomic mass is 16.2. The first-order valence-electron chi connectivity index (χ1n) is 5.90. The van der Waals surface area contributed by atoms with Gasteiger partial charge in [0.2, 0.25) is 5.91 Å². The molecule has 0 radical (unpaired) electrons. The number of nitrogens with one attached hydrogen (secondary N) is 1. The zero-order valence-corrected chi connectivity index (χ0v) is 10.6. The average molecular weight is 212 g/mol. The molecule has 1 aliphatic heterocycles. The van der Waals surface area contributed by atoms with Crippen molar-refractivity contribution in [1.82, 2.24) is 10.2 Å². The predicted octanol–water partition coefficient (Wildman–Crippen LogP) is 1.63. The van der Waals surface area contributed by atoms with Gasteiger partial charge in [0.05, 0.1) is 5.54 Å². The molecule has 88 valence electrons. The van der Waals surface area contributed by atoms with Crippen LogP contribution in [0.4, 0.5) is 0 Å². The Morgan fingerprint density at radius 1 is 1.53 bits per heavy atom. The van der Waals surface area contributed by atoms with Gasteiger partial charge in [-0.05, 0) is 33.1 Å². The van der Waals surface area contributed by atoms with Crippen molar-refractivity contribution >= 4 is 5.91 Å². The molecular formula is C12H24N2O. The third-order valence-electron chi connectivity index (χ3n) is 3.11. The van der Waals surface area contributed by atoms with Crippen LogP contribution in [0.25, 0.3) is 0 Å². The maximum atomic E-state index is 12.1. The molecule has 1 atom stereocenters. The Morgan fingerprint density at radius 2 is 2.13 bits per heavy atom. The second kappa shape index (κ2) is 4.52. The van der Waals surface area contributed by atoms with E-state index in [1.54, 1.807) is 0 Å². The first kappa shape index (κ1) is 12.5. The minimum atomic E-state index is -0.385. The molecule has 1 heterocycles. The normalized spacial score (nSPS) is 26.1. The summed E-state index contributed by atoms with van der Waals surface area (Å²) in [5, 5.41) is 3.28. The van der Waals surface area contributed by atoms with Crippen LogP contribution in [0.1, 0.15) is 41.0 Å². The summed E-state index contributed by atoms with van der Waals surface area (Å²) < 4.78 is 0. The topological polar surface area (TPSA) is 32.3 Å². The maximum Gasteiger partial charge on any atom is 0.242 e. The van der Waals surface area contributed by atoms with Crippen molar-refractivity contribution in [1.29, 1.82) is 0 Å². The van der Waals surface area contributed by atoms with Gasteiger partial charge in [0.25, 0.3) is 0 Å². The van der Waals surface area contributed by atoms with Crippen molar-refractivity contribution in [3.8, 4) is 0 Å². The van der Waals surface area contributed by atoms with Crippen LogP contribution in [0.3, 0.4) is 0 Å². The van der Waals surface area contributed by atoms with Gasteiger partial charge < -0.3 is 10.2 Å². The van der Waals surface area contributed by atoms with Crippen LogP contribution in [0.5, 0.6) is 0 Å². The zero-order valence-electron chi connectivity index (χ0n) is 10.6. The Bertz CT molecular complexity index is 236. The summed E-state index contributed by atoms with van der Waals surface area (Å²) in [6, 6.07) is 0.323. The largest absolute Gasteiger partial charge is 0.337 e. The standard InChI is InChI=1S/C12H24N2O/c1-9(2)6-7-14-10(3)8-13-12(4,5)11(14)15/h9-10,13H,6-8H2,1-5H3. The maximum absolute atomic E-state index is 12.1. The molecule has 0 saturated carbocycles. The van der Waals surface area contributed by atoms with Crippen LogP contribution >= 0.6 is 0 Å². The number of carbonyl (C=O) groups excluding carboxylic acids is 1. The summed E-state index contributed by atoms with van der Waals surface area (Å²) in [6.07, 6.45) is 1.09. The molecule has 3 nitrogen and oxygen atoms in total. The van der Waals surface area contributed by atoms with Crippen molar-refractivity contribution in [3.63, 3.8) is 0 Å². The van der Waals surface area contributed by atoms with Gasteiger partial charge in [-0.15, -0.1) is 0 Å². The van der Waals surface area contributed by atoms with E-state index in [-0.39, 0.29) is 11.4 Å². The molecule has 1 rings (SSSR count). The molecule has 1 N–H and O–H groups in total. The fourth-order valence-electron chi connectivity index (χ4n) is 1.87. The van der Waals surface area contributed by atoms with E-state index in [4.69, 9.17) is 0 Å². The Balaban J connectivity index is 2.63. The lowest BCUT2D eigenvalue weighted by atomic mass is 9.97. The molecule has 1 amide bonds. The van der Waals surface area contributed by atoms with Gasteiger partial charge >= 0.3 is 0 Å². The van der Waals surface area contributed by atoms with Crippen molar-refractivity contribution in [2.75, 3.05) is 13.1 Å². The van der Waals surface area contributed by atoms with Gasteiger partial charge in [-0.3, -0.25) is 4.79 Å². The first-order chi connectivity index (χ1) is 6.84. The van der Waals surface area contributed by atoms with Crippen molar-refractivity contribution in [3.05, 3.63) is 0 Å². The SMILES string of the molecule is CC(C)CCN1C(=O)C(C)(C)NCC1C. The summed E-state index contributed by atoms with van der Waals surface area (Å²) >= 11 is 0. The monoisotopic (exact) mass is 212 g/mol. The van der Waals surface area contributed by atoms with Gasteiger partial charge in [0.15, 0.2) is 0 Å². The molecule has 1 saturated heterocycles. The lowest BCUT2D eigenvalue weighted by Crippen LogP contribution is -2.64.